The predicted molar refractivity (Wildman–Crippen MR) is 108 cm³/mol. The van der Waals surface area contributed by atoms with E-state index in [1.165, 1.54) is 6.03 Å². The van der Waals surface area contributed by atoms with Crippen molar-refractivity contribution in [2.75, 3.05) is 6.66 Å². The number of carbonyl (C=O) groups is 1. The molecule has 0 radical (unpaired) electrons. The van der Waals surface area contributed by atoms with E-state index in [2.05, 4.69) is 43.1 Å². The molecule has 3 aromatic carbocycles. The van der Waals surface area contributed by atoms with Gasteiger partial charge in [0, 0.05) is 0 Å². The van der Waals surface area contributed by atoms with Gasteiger partial charge in [0.2, 0.25) is 0 Å². The molecular weight excluding hydrogens is 367 g/mol. The number of benzene rings is 3. The number of hydrogen-bond acceptors (Lipinski definition) is 1. The van der Waals surface area contributed by atoms with E-state index in [0.29, 0.717) is 0 Å². The molecule has 0 saturated carbocycles. The fraction of sp³-hybridized carbons (Fsp3) is 0.0500. The minimum absolute atomic E-state index is 0. The molecule has 0 unspecified atom stereocenters. The summed E-state index contributed by atoms with van der Waals surface area (Å²) in [4.78, 5) is 12.6. The third-order valence-electron chi connectivity index (χ3n) is 4.53. The predicted octanol–water partition coefficient (Wildman–Crippen LogP) is 3.91. The van der Waals surface area contributed by atoms with Crippen molar-refractivity contribution in [2.45, 2.75) is 0 Å². The molecule has 0 aliphatic carbocycles. The Morgan fingerprint density at radius 2 is 0.870 bits per heavy atom. The van der Waals surface area contributed by atoms with E-state index in [-0.39, 0.29) is 17.0 Å². The number of halogens is 1. The van der Waals surface area contributed by atoms with Crippen molar-refractivity contribution >= 4 is 45.5 Å². The minimum atomic E-state index is -3.08. The van der Waals surface area contributed by atoms with Crippen LogP contribution in [0.2, 0.25) is 0 Å². The third kappa shape index (κ3) is 2.67. The molecule has 0 amide bonds. The second kappa shape index (κ2) is 6.78. The first kappa shape index (κ1) is 17.6. The SMILES string of the molecule is Br.CP(C=O)(c1ccccc1)(c1ccccc1)c1ccccc1. The summed E-state index contributed by atoms with van der Waals surface area (Å²) in [5.74, 6) is 0. The van der Waals surface area contributed by atoms with Crippen molar-refractivity contribution in [3.63, 3.8) is 0 Å². The van der Waals surface area contributed by atoms with Gasteiger partial charge in [-0.1, -0.05) is 0 Å². The van der Waals surface area contributed by atoms with Crippen LogP contribution in [0, 0.1) is 0 Å². The fourth-order valence-corrected chi connectivity index (χ4v) is 7.15. The number of hydrogen-bond donors (Lipinski definition) is 0. The molecule has 0 atom stereocenters. The van der Waals surface area contributed by atoms with Crippen molar-refractivity contribution in [3.8, 4) is 0 Å². The van der Waals surface area contributed by atoms with Gasteiger partial charge in [-0.15, -0.1) is 17.0 Å². The van der Waals surface area contributed by atoms with Crippen LogP contribution in [-0.4, -0.2) is 12.7 Å². The summed E-state index contributed by atoms with van der Waals surface area (Å²) in [6.45, 7) is -0.943. The Morgan fingerprint density at radius 3 is 1.09 bits per heavy atom. The molecule has 3 rings (SSSR count). The molecule has 0 aromatic heterocycles. The summed E-state index contributed by atoms with van der Waals surface area (Å²) in [6.07, 6.45) is 0. The molecule has 3 aromatic rings. The van der Waals surface area contributed by atoms with E-state index in [0.717, 1.165) is 15.9 Å². The van der Waals surface area contributed by atoms with Gasteiger partial charge >= 0.3 is 131 Å². The zero-order valence-electron chi connectivity index (χ0n) is 13.0. The van der Waals surface area contributed by atoms with Gasteiger partial charge in [-0.2, -0.15) is 0 Å². The molecule has 0 heterocycles. The summed E-state index contributed by atoms with van der Waals surface area (Å²) in [5, 5.41) is 3.29. The molecule has 0 saturated heterocycles. The normalized spacial score (nSPS) is 12.5. The molecule has 0 N–H and O–H groups in total. The standard InChI is InChI=1S/C20H19OP.BrH/c1-22(17-21,18-11-5-2-6-12-18,19-13-7-3-8-14-19)20-15-9-4-10-16-20;/h2-17H,1H3;1H. The van der Waals surface area contributed by atoms with Gasteiger partial charge in [0.1, 0.15) is 0 Å². The Balaban J connectivity index is 0.00000192. The zero-order chi connectivity index (χ0) is 15.5. The van der Waals surface area contributed by atoms with Gasteiger partial charge in [0.25, 0.3) is 0 Å². The topological polar surface area (TPSA) is 17.1 Å². The molecule has 0 aliphatic rings. The summed E-state index contributed by atoms with van der Waals surface area (Å²) in [5.41, 5.74) is 0. The third-order valence-corrected chi connectivity index (χ3v) is 9.94. The van der Waals surface area contributed by atoms with Crippen molar-refractivity contribution in [2.24, 2.45) is 0 Å². The van der Waals surface area contributed by atoms with E-state index < -0.39 is 6.60 Å². The van der Waals surface area contributed by atoms with Crippen LogP contribution in [0.15, 0.2) is 91.0 Å². The molecular formula is C20H20BrOP. The maximum atomic E-state index is 12.6. The average molecular weight is 387 g/mol. The first-order valence-electron chi connectivity index (χ1n) is 7.34. The van der Waals surface area contributed by atoms with Crippen molar-refractivity contribution in [1.29, 1.82) is 0 Å². The summed E-state index contributed by atoms with van der Waals surface area (Å²) < 4.78 is 0. The molecule has 0 bridgehead atoms. The van der Waals surface area contributed by atoms with Gasteiger partial charge in [-0.25, -0.2) is 0 Å². The monoisotopic (exact) mass is 386 g/mol. The van der Waals surface area contributed by atoms with Crippen LogP contribution in [0.25, 0.3) is 0 Å². The first-order valence-corrected chi connectivity index (χ1v) is 10.1. The van der Waals surface area contributed by atoms with Crippen LogP contribution in [0.4, 0.5) is 0 Å². The van der Waals surface area contributed by atoms with Crippen LogP contribution in [0.3, 0.4) is 0 Å². The second-order valence-electron chi connectivity index (χ2n) is 5.76. The van der Waals surface area contributed by atoms with Crippen LogP contribution in [-0.2, 0) is 4.79 Å². The Kier molecular flexibility index (Phi) is 5.19. The Labute approximate surface area is 148 Å². The van der Waals surface area contributed by atoms with Gasteiger partial charge in [-0.3, -0.25) is 0 Å². The van der Waals surface area contributed by atoms with Crippen LogP contribution in [0.1, 0.15) is 0 Å². The molecule has 3 heteroatoms. The van der Waals surface area contributed by atoms with Crippen LogP contribution in [0.5, 0.6) is 0 Å². The second-order valence-corrected chi connectivity index (χ2v) is 10.8. The summed E-state index contributed by atoms with van der Waals surface area (Å²) in [6, 6.07) is 31.7. The Morgan fingerprint density at radius 1 is 0.609 bits per heavy atom. The van der Waals surface area contributed by atoms with Gasteiger partial charge in [-0.05, 0) is 0 Å². The summed E-state index contributed by atoms with van der Waals surface area (Å²) in [7, 11) is 0. The average Bonchev–Trinajstić information content (AvgIpc) is 2.63. The van der Waals surface area contributed by atoms with Gasteiger partial charge in [0.05, 0.1) is 0 Å². The molecule has 23 heavy (non-hydrogen) atoms. The van der Waals surface area contributed by atoms with E-state index in [1.807, 2.05) is 54.6 Å². The quantitative estimate of drug-likeness (QED) is 0.490. The van der Waals surface area contributed by atoms with E-state index in [1.54, 1.807) is 0 Å². The number of rotatable bonds is 4. The molecule has 0 spiro atoms. The van der Waals surface area contributed by atoms with E-state index in [4.69, 9.17) is 0 Å². The fourth-order valence-electron chi connectivity index (χ4n) is 3.07. The van der Waals surface area contributed by atoms with E-state index in [9.17, 15) is 4.79 Å². The van der Waals surface area contributed by atoms with Crippen LogP contribution < -0.4 is 15.9 Å². The molecule has 118 valence electrons. The van der Waals surface area contributed by atoms with Crippen molar-refractivity contribution < 1.29 is 4.79 Å². The first-order chi connectivity index (χ1) is 10.7. The molecule has 1 nitrogen and oxygen atoms in total. The zero-order valence-corrected chi connectivity index (χ0v) is 15.6. The van der Waals surface area contributed by atoms with Gasteiger partial charge < -0.3 is 0 Å². The van der Waals surface area contributed by atoms with Crippen molar-refractivity contribution in [3.05, 3.63) is 91.0 Å². The molecule has 0 aliphatic heterocycles. The Bertz CT molecular complexity index is 673. The van der Waals surface area contributed by atoms with Crippen LogP contribution >= 0.6 is 23.6 Å². The van der Waals surface area contributed by atoms with E-state index >= 15 is 0 Å². The molecule has 0 fully saturated rings. The number of carbonyl (C=O) groups excluding carboxylic acids is 1. The maximum absolute atomic E-state index is 12.6. The van der Waals surface area contributed by atoms with Gasteiger partial charge in [0.15, 0.2) is 0 Å². The summed E-state index contributed by atoms with van der Waals surface area (Å²) >= 11 is 0. The van der Waals surface area contributed by atoms with Crippen molar-refractivity contribution in [1.82, 2.24) is 0 Å². The Hall–Kier alpha value is -1.76.